The van der Waals surface area contributed by atoms with Crippen LogP contribution in [0.15, 0.2) is 24.3 Å². The van der Waals surface area contributed by atoms with Crippen LogP contribution in [-0.4, -0.2) is 35.7 Å². The van der Waals surface area contributed by atoms with Gasteiger partial charge in [-0.3, -0.25) is 0 Å². The molecular formula is C15H24N2O. The molecule has 0 atom stereocenters. The lowest BCUT2D eigenvalue weighted by molar-refractivity contribution is 0.197. The summed E-state index contributed by atoms with van der Waals surface area (Å²) < 4.78 is 0. The Morgan fingerprint density at radius 2 is 1.89 bits per heavy atom. The minimum absolute atomic E-state index is 0.339. The van der Waals surface area contributed by atoms with Crippen molar-refractivity contribution < 1.29 is 5.11 Å². The van der Waals surface area contributed by atoms with Crippen LogP contribution in [0.3, 0.4) is 0 Å². The summed E-state index contributed by atoms with van der Waals surface area (Å²) in [6.07, 6.45) is 3.75. The van der Waals surface area contributed by atoms with Gasteiger partial charge in [0.15, 0.2) is 0 Å². The molecule has 1 aliphatic rings. The minimum Gasteiger partial charge on any atom is -0.508 e. The Hall–Kier alpha value is -1.06. The topological polar surface area (TPSA) is 35.5 Å². The third-order valence-corrected chi connectivity index (χ3v) is 3.66. The Kier molecular flexibility index (Phi) is 5.02. The zero-order valence-corrected chi connectivity index (χ0v) is 11.2. The first-order chi connectivity index (χ1) is 8.78. The normalized spacial score (nSPS) is 18.1. The molecule has 0 aromatic heterocycles. The molecule has 3 heteroatoms. The molecule has 1 aromatic rings. The Labute approximate surface area is 110 Å². The van der Waals surface area contributed by atoms with E-state index in [1.165, 1.54) is 44.5 Å². The number of likely N-dealkylation sites (tertiary alicyclic amines) is 1. The first-order valence-corrected chi connectivity index (χ1v) is 7.01. The fourth-order valence-corrected chi connectivity index (χ4v) is 2.55. The Bertz CT molecular complexity index is 342. The van der Waals surface area contributed by atoms with Crippen molar-refractivity contribution in [3.05, 3.63) is 29.8 Å². The Balaban J connectivity index is 1.70. The van der Waals surface area contributed by atoms with Crippen molar-refractivity contribution in [2.45, 2.75) is 38.8 Å². The number of phenolic OH excluding ortho intramolecular Hbond substituents is 1. The lowest BCUT2D eigenvalue weighted by Crippen LogP contribution is -2.42. The molecule has 0 unspecified atom stereocenters. The van der Waals surface area contributed by atoms with Crippen molar-refractivity contribution in [3.8, 4) is 5.75 Å². The summed E-state index contributed by atoms with van der Waals surface area (Å²) in [5.74, 6) is 0.339. The summed E-state index contributed by atoms with van der Waals surface area (Å²) >= 11 is 0. The predicted molar refractivity (Wildman–Crippen MR) is 74.7 cm³/mol. The quantitative estimate of drug-likeness (QED) is 0.839. The third kappa shape index (κ3) is 4.00. The van der Waals surface area contributed by atoms with Crippen molar-refractivity contribution in [1.82, 2.24) is 10.2 Å². The van der Waals surface area contributed by atoms with E-state index in [2.05, 4.69) is 17.1 Å². The lowest BCUT2D eigenvalue weighted by atomic mass is 10.0. The highest BCUT2D eigenvalue weighted by molar-refractivity contribution is 5.25. The standard InChI is InChI=1S/C15H24N2O/c1-2-9-17-10-7-14(8-11-17)16-12-13-3-5-15(18)6-4-13/h3-6,14,16,18H,2,7-12H2,1H3. The SMILES string of the molecule is CCCN1CCC(NCc2ccc(O)cc2)CC1. The molecule has 0 aliphatic carbocycles. The van der Waals surface area contributed by atoms with Gasteiger partial charge in [-0.25, -0.2) is 0 Å². The van der Waals surface area contributed by atoms with E-state index in [1.54, 1.807) is 12.1 Å². The summed E-state index contributed by atoms with van der Waals surface area (Å²) in [5, 5.41) is 12.8. The molecule has 0 radical (unpaired) electrons. The number of piperidine rings is 1. The van der Waals surface area contributed by atoms with E-state index in [1.807, 2.05) is 12.1 Å². The second kappa shape index (κ2) is 6.76. The maximum atomic E-state index is 9.23. The van der Waals surface area contributed by atoms with E-state index in [9.17, 15) is 5.11 Å². The number of aromatic hydroxyl groups is 1. The summed E-state index contributed by atoms with van der Waals surface area (Å²) in [6.45, 7) is 6.83. The molecule has 1 aliphatic heterocycles. The molecule has 1 aromatic carbocycles. The number of benzene rings is 1. The number of hydrogen-bond acceptors (Lipinski definition) is 3. The van der Waals surface area contributed by atoms with Crippen LogP contribution < -0.4 is 5.32 Å². The highest BCUT2D eigenvalue weighted by Gasteiger charge is 2.17. The zero-order chi connectivity index (χ0) is 12.8. The predicted octanol–water partition coefficient (Wildman–Crippen LogP) is 2.36. The third-order valence-electron chi connectivity index (χ3n) is 3.66. The fourth-order valence-electron chi connectivity index (χ4n) is 2.55. The second-order valence-corrected chi connectivity index (χ2v) is 5.16. The van der Waals surface area contributed by atoms with Gasteiger partial charge in [-0.15, -0.1) is 0 Å². The summed E-state index contributed by atoms with van der Waals surface area (Å²) in [5.41, 5.74) is 1.24. The van der Waals surface area contributed by atoms with E-state index < -0.39 is 0 Å². The number of rotatable bonds is 5. The molecule has 0 spiro atoms. The molecular weight excluding hydrogens is 224 g/mol. The van der Waals surface area contributed by atoms with Crippen LogP contribution >= 0.6 is 0 Å². The molecule has 1 heterocycles. The van der Waals surface area contributed by atoms with Gasteiger partial charge in [-0.1, -0.05) is 19.1 Å². The largest absolute Gasteiger partial charge is 0.508 e. The molecule has 1 fully saturated rings. The summed E-state index contributed by atoms with van der Waals surface area (Å²) in [7, 11) is 0. The van der Waals surface area contributed by atoms with Crippen LogP contribution in [0.2, 0.25) is 0 Å². The van der Waals surface area contributed by atoms with Crippen LogP contribution in [0, 0.1) is 0 Å². The van der Waals surface area contributed by atoms with Crippen molar-refractivity contribution >= 4 is 0 Å². The molecule has 18 heavy (non-hydrogen) atoms. The van der Waals surface area contributed by atoms with E-state index in [4.69, 9.17) is 0 Å². The van der Waals surface area contributed by atoms with Crippen molar-refractivity contribution in [2.24, 2.45) is 0 Å². The number of nitrogens with one attached hydrogen (secondary N) is 1. The minimum atomic E-state index is 0.339. The average Bonchev–Trinajstić information content (AvgIpc) is 2.40. The Morgan fingerprint density at radius 3 is 2.50 bits per heavy atom. The molecule has 100 valence electrons. The number of phenols is 1. The van der Waals surface area contributed by atoms with Crippen molar-refractivity contribution in [2.75, 3.05) is 19.6 Å². The first kappa shape index (κ1) is 13.4. The fraction of sp³-hybridized carbons (Fsp3) is 0.600. The van der Waals surface area contributed by atoms with E-state index in [-0.39, 0.29) is 0 Å². The van der Waals surface area contributed by atoms with E-state index >= 15 is 0 Å². The van der Waals surface area contributed by atoms with Gasteiger partial charge in [0.2, 0.25) is 0 Å². The molecule has 1 saturated heterocycles. The van der Waals surface area contributed by atoms with E-state index in [0.29, 0.717) is 11.8 Å². The van der Waals surface area contributed by atoms with Gasteiger partial charge in [0.1, 0.15) is 5.75 Å². The van der Waals surface area contributed by atoms with Gasteiger partial charge in [-0.05, 0) is 56.6 Å². The van der Waals surface area contributed by atoms with Gasteiger partial charge in [-0.2, -0.15) is 0 Å². The van der Waals surface area contributed by atoms with Crippen LogP contribution in [0.1, 0.15) is 31.7 Å². The van der Waals surface area contributed by atoms with Gasteiger partial charge in [0.25, 0.3) is 0 Å². The molecule has 2 N–H and O–H groups in total. The maximum absolute atomic E-state index is 9.23. The van der Waals surface area contributed by atoms with Crippen molar-refractivity contribution in [1.29, 1.82) is 0 Å². The van der Waals surface area contributed by atoms with Gasteiger partial charge < -0.3 is 15.3 Å². The molecule has 0 saturated carbocycles. The lowest BCUT2D eigenvalue weighted by Gasteiger charge is -2.32. The average molecular weight is 248 g/mol. The second-order valence-electron chi connectivity index (χ2n) is 5.16. The van der Waals surface area contributed by atoms with Crippen molar-refractivity contribution in [3.63, 3.8) is 0 Å². The Morgan fingerprint density at radius 1 is 1.22 bits per heavy atom. The molecule has 2 rings (SSSR count). The molecule has 3 nitrogen and oxygen atoms in total. The van der Waals surface area contributed by atoms with Gasteiger partial charge in [0.05, 0.1) is 0 Å². The summed E-state index contributed by atoms with van der Waals surface area (Å²) in [4.78, 5) is 2.55. The van der Waals surface area contributed by atoms with Crippen LogP contribution in [0.5, 0.6) is 5.75 Å². The number of hydrogen-bond donors (Lipinski definition) is 2. The van der Waals surface area contributed by atoms with Gasteiger partial charge >= 0.3 is 0 Å². The van der Waals surface area contributed by atoms with E-state index in [0.717, 1.165) is 6.54 Å². The zero-order valence-electron chi connectivity index (χ0n) is 11.2. The maximum Gasteiger partial charge on any atom is 0.115 e. The number of nitrogens with zero attached hydrogens (tertiary/aromatic N) is 1. The molecule has 0 bridgehead atoms. The van der Waals surface area contributed by atoms with Crippen LogP contribution in [0.4, 0.5) is 0 Å². The monoisotopic (exact) mass is 248 g/mol. The molecule has 0 amide bonds. The van der Waals surface area contributed by atoms with Crippen LogP contribution in [-0.2, 0) is 6.54 Å². The highest BCUT2D eigenvalue weighted by atomic mass is 16.3. The first-order valence-electron chi connectivity index (χ1n) is 7.01. The van der Waals surface area contributed by atoms with Crippen LogP contribution in [0.25, 0.3) is 0 Å². The summed E-state index contributed by atoms with van der Waals surface area (Å²) in [6, 6.07) is 8.11. The van der Waals surface area contributed by atoms with Gasteiger partial charge in [0, 0.05) is 12.6 Å². The highest BCUT2D eigenvalue weighted by Crippen LogP contribution is 2.13. The smallest absolute Gasteiger partial charge is 0.115 e.